The molecule has 4 rings (SSSR count). The highest BCUT2D eigenvalue weighted by Gasteiger charge is 2.23. The average molecular weight is 410 g/mol. The summed E-state index contributed by atoms with van der Waals surface area (Å²) in [5.74, 6) is 0. The fourth-order valence-corrected chi connectivity index (χ4v) is 4.44. The van der Waals surface area contributed by atoms with Gasteiger partial charge in [-0.25, -0.2) is 0 Å². The van der Waals surface area contributed by atoms with E-state index in [1.807, 2.05) is 17.0 Å². The molecule has 2 aliphatic heterocycles. The smallest absolute Gasteiger partial charge is 0.0567 e. The van der Waals surface area contributed by atoms with Gasteiger partial charge in [0.25, 0.3) is 0 Å². The van der Waals surface area contributed by atoms with Crippen molar-refractivity contribution < 1.29 is 13.3 Å². The first-order chi connectivity index (χ1) is 15.5. The molecule has 2 aromatic rings. The molecule has 0 unspecified atom stereocenters. The van der Waals surface area contributed by atoms with Crippen LogP contribution in [0.4, 0.5) is 11.4 Å². The number of hydrogen-bond acceptors (Lipinski definition) is 5. The van der Waals surface area contributed by atoms with E-state index in [9.17, 15) is 0 Å². The maximum absolute atomic E-state index is 9.15. The number of halogens is 1. The molecule has 2 heterocycles. The van der Waals surface area contributed by atoms with Crippen LogP contribution in [0.15, 0.2) is 52.3 Å². The third kappa shape index (κ3) is 4.44. The monoisotopic (exact) mass is 409 g/mol. The SMILES string of the molecule is [2H]C([2H])(N1CCN(CCO)CC1)C([2H])([2H])C([2H])([2H])N1c2ccccc2Sc2ccc(Cl)cc21. The minimum Gasteiger partial charge on any atom is -0.395 e. The molecule has 6 heteroatoms. The summed E-state index contributed by atoms with van der Waals surface area (Å²) in [5.41, 5.74) is 0.873. The van der Waals surface area contributed by atoms with Gasteiger partial charge in [0.15, 0.2) is 0 Å². The summed E-state index contributed by atoms with van der Waals surface area (Å²) in [6.07, 6.45) is -2.92. The second-order valence-electron chi connectivity index (χ2n) is 6.42. The molecule has 0 radical (unpaired) electrons. The average Bonchev–Trinajstić information content (AvgIpc) is 2.77. The van der Waals surface area contributed by atoms with Crippen LogP contribution in [0, 0.1) is 0 Å². The van der Waals surface area contributed by atoms with Crippen LogP contribution in [-0.4, -0.2) is 67.2 Å². The van der Waals surface area contributed by atoms with Crippen molar-refractivity contribution >= 4 is 34.7 Å². The Balaban J connectivity index is 1.73. The molecule has 2 aliphatic rings. The first-order valence-corrected chi connectivity index (χ1v) is 10.1. The van der Waals surface area contributed by atoms with Crippen molar-refractivity contribution in [3.05, 3.63) is 47.5 Å². The van der Waals surface area contributed by atoms with Gasteiger partial charge in [0.2, 0.25) is 0 Å². The van der Waals surface area contributed by atoms with Crippen molar-refractivity contribution in [2.24, 2.45) is 0 Å². The topological polar surface area (TPSA) is 30.0 Å². The summed E-state index contributed by atoms with van der Waals surface area (Å²) in [4.78, 5) is 6.07. The minimum atomic E-state index is -2.92. The van der Waals surface area contributed by atoms with Gasteiger partial charge in [-0.3, -0.25) is 4.90 Å². The molecule has 0 atom stereocenters. The molecule has 0 aromatic heterocycles. The van der Waals surface area contributed by atoms with E-state index in [2.05, 4.69) is 0 Å². The van der Waals surface area contributed by atoms with E-state index in [0.29, 0.717) is 36.0 Å². The zero-order valence-corrected chi connectivity index (χ0v) is 16.4. The lowest BCUT2D eigenvalue weighted by Crippen LogP contribution is -2.47. The van der Waals surface area contributed by atoms with Gasteiger partial charge < -0.3 is 14.9 Å². The Morgan fingerprint density at radius 1 is 0.963 bits per heavy atom. The third-order valence-corrected chi connectivity index (χ3v) is 6.02. The van der Waals surface area contributed by atoms with Gasteiger partial charge >= 0.3 is 0 Å². The first-order valence-electron chi connectivity index (χ1n) is 12.0. The Bertz CT molecular complexity index is 1020. The summed E-state index contributed by atoms with van der Waals surface area (Å²) < 4.78 is 53.1. The Morgan fingerprint density at radius 3 is 2.52 bits per heavy atom. The largest absolute Gasteiger partial charge is 0.395 e. The molecule has 0 aliphatic carbocycles. The van der Waals surface area contributed by atoms with Crippen molar-refractivity contribution in [2.45, 2.75) is 16.2 Å². The first kappa shape index (κ1) is 13.1. The summed E-state index contributed by atoms with van der Waals surface area (Å²) >= 11 is 7.67. The summed E-state index contributed by atoms with van der Waals surface area (Å²) in [6, 6.07) is 12.2. The maximum atomic E-state index is 9.15. The van der Waals surface area contributed by atoms with Crippen LogP contribution < -0.4 is 4.90 Å². The summed E-state index contributed by atoms with van der Waals surface area (Å²) in [5, 5.41) is 9.54. The van der Waals surface area contributed by atoms with E-state index in [4.69, 9.17) is 24.9 Å². The summed E-state index contributed by atoms with van der Waals surface area (Å²) in [7, 11) is 0. The number of piperazine rings is 1. The number of β-amino-alcohol motifs (C(OH)–C–C–N with tert-alkyl or cyclic N) is 1. The molecule has 1 saturated heterocycles. The predicted octanol–water partition coefficient (Wildman–Crippen LogP) is 3.94. The Morgan fingerprint density at radius 2 is 1.70 bits per heavy atom. The molecule has 0 spiro atoms. The molecule has 1 N–H and O–H groups in total. The van der Waals surface area contributed by atoms with Crippen LogP contribution >= 0.6 is 23.4 Å². The second kappa shape index (κ2) is 8.84. The quantitative estimate of drug-likeness (QED) is 0.780. The van der Waals surface area contributed by atoms with Crippen LogP contribution in [0.2, 0.25) is 5.02 Å². The zero-order chi connectivity index (χ0) is 24.0. The highest BCUT2D eigenvalue weighted by atomic mass is 35.5. The maximum Gasteiger partial charge on any atom is 0.0567 e. The third-order valence-electron chi connectivity index (χ3n) is 4.66. The number of nitrogens with zero attached hydrogens (tertiary/aromatic N) is 3. The van der Waals surface area contributed by atoms with Crippen LogP contribution in [0.25, 0.3) is 0 Å². The molecular formula is C21H26ClN3OS. The van der Waals surface area contributed by atoms with E-state index < -0.39 is 19.4 Å². The molecule has 0 amide bonds. The Kier molecular flexibility index (Phi) is 4.28. The lowest BCUT2D eigenvalue weighted by atomic mass is 10.2. The highest BCUT2D eigenvalue weighted by Crippen LogP contribution is 2.48. The number of anilines is 2. The van der Waals surface area contributed by atoms with E-state index in [-0.39, 0.29) is 19.7 Å². The van der Waals surface area contributed by atoms with Crippen molar-refractivity contribution in [1.29, 1.82) is 0 Å². The van der Waals surface area contributed by atoms with E-state index >= 15 is 0 Å². The number of aliphatic hydroxyl groups is 1. The molecule has 0 bridgehead atoms. The molecule has 144 valence electrons. The number of fused-ring (bicyclic) bond motifs is 2. The van der Waals surface area contributed by atoms with Gasteiger partial charge in [0, 0.05) is 62.3 Å². The Labute approximate surface area is 179 Å². The van der Waals surface area contributed by atoms with Crippen LogP contribution in [-0.2, 0) is 0 Å². The van der Waals surface area contributed by atoms with Crippen molar-refractivity contribution in [3.63, 3.8) is 0 Å². The minimum absolute atomic E-state index is 0.00458. The summed E-state index contributed by atoms with van der Waals surface area (Å²) in [6.45, 7) is -3.46. The highest BCUT2D eigenvalue weighted by molar-refractivity contribution is 7.99. The predicted molar refractivity (Wildman–Crippen MR) is 114 cm³/mol. The Hall–Kier alpha value is -1.24. The van der Waals surface area contributed by atoms with E-state index in [1.165, 1.54) is 21.6 Å². The van der Waals surface area contributed by atoms with Crippen LogP contribution in [0.3, 0.4) is 0 Å². The van der Waals surface area contributed by atoms with Gasteiger partial charge in [-0.05, 0) is 43.2 Å². The lowest BCUT2D eigenvalue weighted by Gasteiger charge is -2.36. The normalized spacial score (nSPS) is 22.5. The molecule has 27 heavy (non-hydrogen) atoms. The van der Waals surface area contributed by atoms with Gasteiger partial charge in [0.1, 0.15) is 0 Å². The fourth-order valence-electron chi connectivity index (χ4n) is 3.23. The van der Waals surface area contributed by atoms with Crippen LogP contribution in [0.5, 0.6) is 0 Å². The number of rotatable bonds is 6. The molecular weight excluding hydrogens is 378 g/mol. The lowest BCUT2D eigenvalue weighted by molar-refractivity contribution is 0.112. The van der Waals surface area contributed by atoms with E-state index in [1.54, 1.807) is 30.3 Å². The zero-order valence-electron chi connectivity index (χ0n) is 20.9. The molecule has 1 fully saturated rings. The second-order valence-corrected chi connectivity index (χ2v) is 7.94. The van der Waals surface area contributed by atoms with Crippen molar-refractivity contribution in [1.82, 2.24) is 9.80 Å². The fraction of sp³-hybridized carbons (Fsp3) is 0.429. The van der Waals surface area contributed by atoms with Crippen LogP contribution in [0.1, 0.15) is 14.6 Å². The number of para-hydroxylation sites is 1. The van der Waals surface area contributed by atoms with Crippen molar-refractivity contribution in [2.75, 3.05) is 57.2 Å². The molecule has 0 saturated carbocycles. The van der Waals surface area contributed by atoms with Gasteiger partial charge in [-0.1, -0.05) is 35.5 Å². The molecule has 4 nitrogen and oxygen atoms in total. The molecule has 2 aromatic carbocycles. The number of hydrogen-bond donors (Lipinski definition) is 1. The van der Waals surface area contributed by atoms with Gasteiger partial charge in [0.05, 0.1) is 18.0 Å². The van der Waals surface area contributed by atoms with E-state index in [0.717, 1.165) is 9.79 Å². The number of aliphatic hydroxyl groups excluding tert-OH is 1. The standard InChI is InChI=1S/C21H26ClN3OS/c22-17-6-7-21-19(16-17)25(18-4-1-2-5-20(18)27-21)9-3-8-23-10-12-24(13-11-23)14-15-26/h1-2,4-7,16,26H,3,8-15H2/i3D2,8D2,9D2. The van der Waals surface area contributed by atoms with Crippen molar-refractivity contribution in [3.8, 4) is 0 Å². The number of benzene rings is 2. The van der Waals surface area contributed by atoms with Gasteiger partial charge in [-0.15, -0.1) is 0 Å². The van der Waals surface area contributed by atoms with Gasteiger partial charge in [-0.2, -0.15) is 0 Å².